The van der Waals surface area contributed by atoms with Crippen LogP contribution in [-0.4, -0.2) is 30.9 Å². The van der Waals surface area contributed by atoms with Gasteiger partial charge in [0.05, 0.1) is 29.8 Å². The van der Waals surface area contributed by atoms with Crippen molar-refractivity contribution in [3.63, 3.8) is 0 Å². The number of carbonyl (C=O) groups excluding carboxylic acids is 2. The normalized spacial score (nSPS) is 17.0. The highest BCUT2D eigenvalue weighted by molar-refractivity contribution is 6.23. The first-order valence-corrected chi connectivity index (χ1v) is 7.77. The fourth-order valence-electron chi connectivity index (χ4n) is 2.47. The highest BCUT2D eigenvalue weighted by atomic mass is 16.5. The smallest absolute Gasteiger partial charge is 0.337 e. The summed E-state index contributed by atoms with van der Waals surface area (Å²) in [6.07, 6.45) is 1.58. The number of hydrogen-bond acceptors (Lipinski definition) is 5. The summed E-state index contributed by atoms with van der Waals surface area (Å²) in [5.41, 5.74) is 2.51. The average Bonchev–Trinajstić information content (AvgIpc) is 2.94. The molecule has 2 aromatic carbocycles. The van der Waals surface area contributed by atoms with Crippen LogP contribution in [0.25, 0.3) is 0 Å². The molecule has 1 aliphatic rings. The van der Waals surface area contributed by atoms with Gasteiger partial charge in [0.25, 0.3) is 5.91 Å². The van der Waals surface area contributed by atoms with E-state index in [1.165, 1.54) is 12.1 Å². The molecule has 6 heteroatoms. The number of nitrogens with zero attached hydrogens (tertiary/aromatic N) is 3. The fraction of sp³-hybridized carbons (Fsp3) is 0.158. The van der Waals surface area contributed by atoms with Crippen LogP contribution in [0.3, 0.4) is 0 Å². The summed E-state index contributed by atoms with van der Waals surface area (Å²) in [4.78, 5) is 28.3. The fourth-order valence-corrected chi connectivity index (χ4v) is 2.47. The Kier molecular flexibility index (Phi) is 4.70. The van der Waals surface area contributed by atoms with Gasteiger partial charge in [0.1, 0.15) is 5.92 Å². The van der Waals surface area contributed by atoms with Crippen molar-refractivity contribution in [3.05, 3.63) is 60.2 Å². The number of esters is 1. The lowest BCUT2D eigenvalue weighted by molar-refractivity contribution is -0.118. The number of rotatable bonds is 4. The van der Waals surface area contributed by atoms with Crippen LogP contribution in [0, 0.1) is 5.92 Å². The van der Waals surface area contributed by atoms with E-state index in [2.05, 4.69) is 14.8 Å². The van der Waals surface area contributed by atoms with Gasteiger partial charge in [-0.3, -0.25) is 9.79 Å². The summed E-state index contributed by atoms with van der Waals surface area (Å²) in [5.74, 6) is -1.04. The molecule has 0 saturated heterocycles. The van der Waals surface area contributed by atoms with Gasteiger partial charge in [0.15, 0.2) is 0 Å². The predicted octanol–water partition coefficient (Wildman–Crippen LogP) is 3.21. The second kappa shape index (κ2) is 7.09. The Bertz CT molecular complexity index is 842. The van der Waals surface area contributed by atoms with E-state index < -0.39 is 11.9 Å². The Balaban J connectivity index is 1.75. The summed E-state index contributed by atoms with van der Waals surface area (Å²) in [5, 5.41) is 5.73. The highest BCUT2D eigenvalue weighted by Gasteiger charge is 2.33. The number of anilines is 1. The third kappa shape index (κ3) is 3.47. The molecule has 0 aromatic heterocycles. The maximum Gasteiger partial charge on any atom is 0.337 e. The molecule has 1 atom stereocenters. The van der Waals surface area contributed by atoms with Gasteiger partial charge in [-0.25, -0.2) is 4.79 Å². The molecule has 0 saturated carbocycles. The second-order valence-corrected chi connectivity index (χ2v) is 5.52. The molecular weight excluding hydrogens is 318 g/mol. The van der Waals surface area contributed by atoms with Gasteiger partial charge in [0, 0.05) is 6.21 Å². The summed E-state index contributed by atoms with van der Waals surface area (Å²) in [6.45, 7) is 1.80. The number of hydrazone groups is 1. The van der Waals surface area contributed by atoms with Crippen molar-refractivity contribution in [3.8, 4) is 0 Å². The van der Waals surface area contributed by atoms with Crippen molar-refractivity contribution < 1.29 is 14.3 Å². The van der Waals surface area contributed by atoms with Crippen LogP contribution >= 0.6 is 0 Å². The monoisotopic (exact) mass is 335 g/mol. The summed E-state index contributed by atoms with van der Waals surface area (Å²) in [7, 11) is 1.33. The number of para-hydroxylation sites is 1. The van der Waals surface area contributed by atoms with Crippen molar-refractivity contribution in [2.75, 3.05) is 12.1 Å². The first-order valence-electron chi connectivity index (χ1n) is 7.77. The molecule has 0 fully saturated rings. The molecule has 0 radical (unpaired) electrons. The molecule has 0 bridgehead atoms. The van der Waals surface area contributed by atoms with Crippen LogP contribution < -0.4 is 5.01 Å². The van der Waals surface area contributed by atoms with Crippen LogP contribution in [0.5, 0.6) is 0 Å². The van der Waals surface area contributed by atoms with Crippen LogP contribution in [0.2, 0.25) is 0 Å². The minimum absolute atomic E-state index is 0.140. The number of carbonyl (C=O) groups is 2. The van der Waals surface area contributed by atoms with Gasteiger partial charge >= 0.3 is 5.97 Å². The van der Waals surface area contributed by atoms with Gasteiger partial charge in [-0.2, -0.15) is 10.1 Å². The third-order valence-electron chi connectivity index (χ3n) is 3.84. The maximum absolute atomic E-state index is 12.6. The first kappa shape index (κ1) is 16.6. The molecule has 1 aliphatic heterocycles. The number of aliphatic imine (C=N–C) groups is 1. The molecule has 25 heavy (non-hydrogen) atoms. The van der Waals surface area contributed by atoms with E-state index in [1.807, 2.05) is 30.3 Å². The van der Waals surface area contributed by atoms with Crippen molar-refractivity contribution in [2.24, 2.45) is 16.0 Å². The zero-order valence-corrected chi connectivity index (χ0v) is 13.9. The predicted molar refractivity (Wildman–Crippen MR) is 96.5 cm³/mol. The minimum Gasteiger partial charge on any atom is -0.465 e. The van der Waals surface area contributed by atoms with Gasteiger partial charge in [0.2, 0.25) is 0 Å². The third-order valence-corrected chi connectivity index (χ3v) is 3.84. The second-order valence-electron chi connectivity index (χ2n) is 5.52. The number of benzene rings is 2. The summed E-state index contributed by atoms with van der Waals surface area (Å²) < 4.78 is 4.66. The molecule has 3 rings (SSSR count). The number of ether oxygens (including phenoxy) is 1. The van der Waals surface area contributed by atoms with Crippen LogP contribution in [-0.2, 0) is 9.53 Å². The van der Waals surface area contributed by atoms with Crippen LogP contribution in [0.1, 0.15) is 17.3 Å². The number of methoxy groups -OCH3 is 1. The molecule has 1 heterocycles. The quantitative estimate of drug-likeness (QED) is 0.636. The minimum atomic E-state index is -0.500. The van der Waals surface area contributed by atoms with E-state index in [0.717, 1.165) is 5.69 Å². The Morgan fingerprint density at radius 1 is 1.16 bits per heavy atom. The average molecular weight is 335 g/mol. The zero-order chi connectivity index (χ0) is 17.8. The molecular formula is C19H17N3O3. The number of amides is 1. The van der Waals surface area contributed by atoms with Crippen LogP contribution in [0.15, 0.2) is 64.7 Å². The Labute approximate surface area is 145 Å². The van der Waals surface area contributed by atoms with Crippen LogP contribution in [0.4, 0.5) is 11.4 Å². The molecule has 2 aromatic rings. The lowest BCUT2D eigenvalue weighted by Gasteiger charge is -2.12. The van der Waals surface area contributed by atoms with Crippen molar-refractivity contribution in [1.82, 2.24) is 0 Å². The topological polar surface area (TPSA) is 71.3 Å². The molecule has 0 spiro atoms. The van der Waals surface area contributed by atoms with Crippen molar-refractivity contribution in [1.29, 1.82) is 0 Å². The van der Waals surface area contributed by atoms with Gasteiger partial charge < -0.3 is 4.74 Å². The molecule has 0 N–H and O–H groups in total. The van der Waals surface area contributed by atoms with E-state index in [-0.39, 0.29) is 5.91 Å². The zero-order valence-electron chi connectivity index (χ0n) is 13.9. The van der Waals surface area contributed by atoms with Crippen molar-refractivity contribution >= 4 is 35.2 Å². The molecule has 0 unspecified atom stereocenters. The largest absolute Gasteiger partial charge is 0.465 e. The van der Waals surface area contributed by atoms with Gasteiger partial charge in [-0.15, -0.1) is 0 Å². The van der Waals surface area contributed by atoms with Crippen molar-refractivity contribution in [2.45, 2.75) is 6.92 Å². The molecule has 1 amide bonds. The summed E-state index contributed by atoms with van der Waals surface area (Å²) in [6, 6.07) is 15.9. The Hall–Kier alpha value is -3.28. The standard InChI is InChI=1S/C19H17N3O3/c1-13-17(18(23)22(21-13)16-6-4-3-5-7-16)12-20-15-10-8-14(9-11-15)19(24)25-2/h3-12,17H,1-2H3/t17-/m1/s1. The lowest BCUT2D eigenvalue weighted by atomic mass is 10.1. The van der Waals surface area contributed by atoms with E-state index in [0.29, 0.717) is 17.0 Å². The Morgan fingerprint density at radius 3 is 2.48 bits per heavy atom. The molecule has 6 nitrogen and oxygen atoms in total. The van der Waals surface area contributed by atoms with E-state index in [1.54, 1.807) is 37.4 Å². The summed E-state index contributed by atoms with van der Waals surface area (Å²) >= 11 is 0. The van der Waals surface area contributed by atoms with Gasteiger partial charge in [-0.1, -0.05) is 18.2 Å². The Morgan fingerprint density at radius 2 is 1.84 bits per heavy atom. The van der Waals surface area contributed by atoms with Gasteiger partial charge in [-0.05, 0) is 43.3 Å². The highest BCUT2D eigenvalue weighted by Crippen LogP contribution is 2.23. The molecule has 0 aliphatic carbocycles. The first-order chi connectivity index (χ1) is 12.1. The lowest BCUT2D eigenvalue weighted by Crippen LogP contribution is -2.27. The van der Waals surface area contributed by atoms with E-state index in [9.17, 15) is 9.59 Å². The van der Waals surface area contributed by atoms with E-state index >= 15 is 0 Å². The SMILES string of the molecule is COC(=O)c1ccc(N=C[C@H]2C(=O)N(c3ccccc3)N=C2C)cc1. The maximum atomic E-state index is 12.6. The molecule has 126 valence electrons. The number of hydrogen-bond donors (Lipinski definition) is 0. The van der Waals surface area contributed by atoms with E-state index in [4.69, 9.17) is 0 Å².